The second-order valence-electron chi connectivity index (χ2n) is 26.3. The third-order valence-corrected chi connectivity index (χ3v) is 27.4. The minimum atomic E-state index is -2.05. The standard InChI is InChI=1S/C28H52N4O7Si2.C17H25N5O3.C10H26O4Si2.8CH4/c1-21-15-23(33)16-24(30-21)32-25(34)29-20-28(4)18-22(17-27(2,3)19-28)31-26(35)38-13-12-37-11-10-14-40(6,7)39-41(8,9)36-5;1-11-5-13(24)21-14(20-11)22-15(25)18-9-17(4)7-12(19-10-23)6-16(2,3)8-17;1-12-16(4,5)14-15(2,3)10-6-8-13-9-7-11;;;;;;;;/h15-16,22H,10-14,17-20H2,1-9H3,(H,31,35)(H3,29,30,32,33,34);5,12H,6-9H2,1-4H3,(H3,18,20,21,22,24,25);11H,6-10H2,1-5H3;8*1H4. The fourth-order valence-electron chi connectivity index (χ4n) is 11.4. The molecule has 532 valence electrons. The number of ether oxygens (including phenoxy) is 3. The molecule has 2 aliphatic rings. The van der Waals surface area contributed by atoms with Gasteiger partial charge in [0.25, 0.3) is 5.56 Å². The van der Waals surface area contributed by atoms with Crippen LogP contribution in [0.3, 0.4) is 0 Å². The number of carbonyl (C=O) groups is 3. The predicted octanol–water partition coefficient (Wildman–Crippen LogP) is 14.3. The van der Waals surface area contributed by atoms with E-state index in [4.69, 9.17) is 36.4 Å². The van der Waals surface area contributed by atoms with E-state index in [-0.39, 0.29) is 129 Å². The van der Waals surface area contributed by atoms with Crippen LogP contribution in [0, 0.1) is 35.5 Å². The Morgan fingerprint density at radius 2 is 1.13 bits per heavy atom. The summed E-state index contributed by atoms with van der Waals surface area (Å²) in [6.45, 7) is 36.5. The van der Waals surface area contributed by atoms with Crippen LogP contribution in [0.4, 0.5) is 26.1 Å². The first-order chi connectivity index (χ1) is 37.8. The molecule has 23 nitrogen and oxygen atoms in total. The summed E-state index contributed by atoms with van der Waals surface area (Å²) < 4.78 is 39.6. The molecule has 0 aromatic carbocycles. The van der Waals surface area contributed by atoms with Crippen molar-refractivity contribution in [3.05, 3.63) is 50.2 Å². The molecule has 0 aliphatic heterocycles. The lowest BCUT2D eigenvalue weighted by Gasteiger charge is -2.46. The highest BCUT2D eigenvalue weighted by atomic mass is 28.4. The van der Waals surface area contributed by atoms with E-state index in [0.717, 1.165) is 50.6 Å². The number of aliphatic hydroxyl groups is 1. The summed E-state index contributed by atoms with van der Waals surface area (Å²) in [6, 6.07) is 5.22. The Bertz CT molecular complexity index is 2500. The van der Waals surface area contributed by atoms with E-state index in [1.807, 2.05) is 0 Å². The molecule has 5 amide bonds. The molecule has 0 bridgehead atoms. The number of nitrogens with one attached hydrogen (secondary N) is 7. The molecule has 8 N–H and O–H groups in total. The van der Waals surface area contributed by atoms with Crippen LogP contribution in [-0.4, -0.2) is 157 Å². The Labute approximate surface area is 550 Å². The molecule has 4 atom stereocenters. The molecule has 4 unspecified atom stereocenters. The molecule has 2 saturated carbocycles. The molecule has 90 heavy (non-hydrogen) atoms. The fraction of sp³-hybridized carbons (Fsp3) is 0.794. The lowest BCUT2D eigenvalue weighted by Crippen LogP contribution is -2.51. The van der Waals surface area contributed by atoms with E-state index < -0.39 is 45.9 Å². The zero-order valence-electron chi connectivity index (χ0n) is 52.8. The quantitative estimate of drug-likeness (QED) is 0.0178. The van der Waals surface area contributed by atoms with E-state index in [1.165, 1.54) is 18.2 Å². The van der Waals surface area contributed by atoms with Gasteiger partial charge in [0.15, 0.2) is 22.1 Å². The van der Waals surface area contributed by atoms with E-state index in [0.29, 0.717) is 69.6 Å². The smallest absolute Gasteiger partial charge is 0.407 e. The molecule has 2 aliphatic carbocycles. The molecule has 0 saturated heterocycles. The fourth-order valence-corrected chi connectivity index (χ4v) is 25.5. The van der Waals surface area contributed by atoms with Crippen LogP contribution in [0.5, 0.6) is 0 Å². The Balaban J connectivity index is -0.000000242. The number of isocyanates is 1. The number of hydrogen-bond acceptors (Lipinski definition) is 16. The molecule has 4 rings (SSSR count). The zero-order valence-corrected chi connectivity index (χ0v) is 56.8. The second-order valence-corrected chi connectivity index (χ2v) is 42.4. The second kappa shape index (κ2) is 45.0. The van der Waals surface area contributed by atoms with Gasteiger partial charge in [-0.25, -0.2) is 29.2 Å². The normalized spacial score (nSPS) is 18.7. The highest BCUT2D eigenvalue weighted by molar-refractivity contribution is 6.82. The Hall–Kier alpha value is -4.39. The van der Waals surface area contributed by atoms with Crippen molar-refractivity contribution in [1.82, 2.24) is 30.9 Å². The maximum absolute atomic E-state index is 12.5. The van der Waals surface area contributed by atoms with Crippen LogP contribution < -0.4 is 37.6 Å². The summed E-state index contributed by atoms with van der Waals surface area (Å²) in [5.74, 6) is 0.459. The van der Waals surface area contributed by atoms with Crippen molar-refractivity contribution in [3.8, 4) is 0 Å². The number of hydrogen-bond donors (Lipinski definition) is 8. The topological polar surface area (TPSA) is 304 Å². The number of aromatic amines is 2. The summed E-state index contributed by atoms with van der Waals surface area (Å²) in [5, 5.41) is 22.6. The number of anilines is 2. The summed E-state index contributed by atoms with van der Waals surface area (Å²) in [5.41, 5.74) is 0.271. The van der Waals surface area contributed by atoms with Crippen molar-refractivity contribution in [2.75, 3.05) is 77.6 Å². The van der Waals surface area contributed by atoms with Crippen molar-refractivity contribution in [2.24, 2.45) is 26.7 Å². The third kappa shape index (κ3) is 42.7. The number of pyridine rings is 1. The SMILES string of the molecule is C.C.C.C.C.C.C.C.CO[Si](C)(C)O[Si](C)(C)CCCOCCO.CO[Si](C)(C)O[Si](C)(C)CCCOCCOC(=O)NC1CC(C)(C)CC(C)(CNC(=O)Nc2cc(=O)cc(C)[nH]2)C1.Cc1cc(=O)[nH]c(NC(=O)NCC2(C)CC(N=C=O)CC(C)(C)C2)n1. The molecular formula is C63H135N9O14Si4. The first-order valence-corrected chi connectivity index (χ1v) is 40.4. The molecule has 2 fully saturated rings. The van der Waals surface area contributed by atoms with Crippen LogP contribution in [-0.2, 0) is 36.1 Å². The van der Waals surface area contributed by atoms with Gasteiger partial charge in [-0.1, -0.05) is 101 Å². The molecule has 0 spiro atoms. The number of nitrogens with zero attached hydrogens (tertiary/aromatic N) is 2. The van der Waals surface area contributed by atoms with E-state index in [2.05, 4.69) is 140 Å². The molecule has 2 aromatic heterocycles. The van der Waals surface area contributed by atoms with Crippen molar-refractivity contribution in [3.63, 3.8) is 0 Å². The number of aromatic nitrogens is 3. The van der Waals surface area contributed by atoms with Gasteiger partial charge < -0.3 is 57.3 Å². The van der Waals surface area contributed by atoms with Gasteiger partial charge in [-0.2, -0.15) is 0 Å². The lowest BCUT2D eigenvalue weighted by molar-refractivity contribution is 0.0539. The maximum atomic E-state index is 12.5. The average Bonchev–Trinajstić information content (AvgIpc) is 3.42. The van der Waals surface area contributed by atoms with Gasteiger partial charge in [0.2, 0.25) is 12.0 Å². The molecule has 2 aromatic rings. The van der Waals surface area contributed by atoms with Crippen LogP contribution in [0.15, 0.2) is 32.8 Å². The summed E-state index contributed by atoms with van der Waals surface area (Å²) in [7, 11) is -3.95. The Kier molecular flexibility index (Phi) is 49.6. The van der Waals surface area contributed by atoms with Crippen molar-refractivity contribution in [2.45, 2.75) is 243 Å². The van der Waals surface area contributed by atoms with Crippen LogP contribution in [0.1, 0.15) is 164 Å². The van der Waals surface area contributed by atoms with Crippen molar-refractivity contribution >= 4 is 69.8 Å². The van der Waals surface area contributed by atoms with Gasteiger partial charge in [0.05, 0.1) is 25.9 Å². The number of H-pyrrole nitrogens is 2. The minimum absolute atomic E-state index is 0. The number of aliphatic imine (C=N–C) groups is 1. The number of aliphatic hydroxyl groups excluding tert-OH is 1. The van der Waals surface area contributed by atoms with Gasteiger partial charge in [0.1, 0.15) is 12.4 Å². The summed E-state index contributed by atoms with van der Waals surface area (Å²) in [6.07, 6.45) is 7.94. The predicted molar refractivity (Wildman–Crippen MR) is 385 cm³/mol. The largest absolute Gasteiger partial charge is 0.447 e. The van der Waals surface area contributed by atoms with E-state index in [9.17, 15) is 28.8 Å². The Morgan fingerprint density at radius 3 is 1.60 bits per heavy atom. The highest BCUT2D eigenvalue weighted by Crippen LogP contribution is 2.47. The van der Waals surface area contributed by atoms with Crippen LogP contribution >= 0.6 is 0 Å². The van der Waals surface area contributed by atoms with Gasteiger partial charge in [0, 0.05) is 76.2 Å². The summed E-state index contributed by atoms with van der Waals surface area (Å²) in [4.78, 5) is 84.3. The highest BCUT2D eigenvalue weighted by Gasteiger charge is 2.43. The Morgan fingerprint density at radius 1 is 0.656 bits per heavy atom. The van der Waals surface area contributed by atoms with Crippen LogP contribution in [0.25, 0.3) is 0 Å². The third-order valence-electron chi connectivity index (χ3n) is 14.0. The molecule has 0 radical (unpaired) electrons. The van der Waals surface area contributed by atoms with E-state index >= 15 is 0 Å². The minimum Gasteiger partial charge on any atom is -0.447 e. The average molecular weight is 1360 g/mol. The molecule has 27 heteroatoms. The first-order valence-electron chi connectivity index (χ1n) is 28.5. The first kappa shape index (κ1) is 99.2. The van der Waals surface area contributed by atoms with Gasteiger partial charge in [-0.3, -0.25) is 25.2 Å². The van der Waals surface area contributed by atoms with E-state index in [1.54, 1.807) is 34.1 Å². The monoisotopic (exact) mass is 1350 g/mol. The van der Waals surface area contributed by atoms with Gasteiger partial charge >= 0.3 is 35.3 Å². The number of amides is 5. The number of rotatable bonds is 27. The number of carbonyl (C=O) groups excluding carboxylic acids is 4. The number of aryl methyl sites for hydroxylation is 2. The number of alkyl carbamates (subject to hydrolysis) is 1. The lowest BCUT2D eigenvalue weighted by atomic mass is 9.62. The van der Waals surface area contributed by atoms with Crippen LogP contribution in [0.2, 0.25) is 64.5 Å². The molecule has 2 heterocycles. The zero-order chi connectivity index (χ0) is 62.2. The summed E-state index contributed by atoms with van der Waals surface area (Å²) >= 11 is 0. The van der Waals surface area contributed by atoms with Gasteiger partial charge in [-0.05, 0) is 151 Å². The van der Waals surface area contributed by atoms with Crippen molar-refractivity contribution < 1.29 is 55.6 Å². The number of urea groups is 2. The maximum Gasteiger partial charge on any atom is 0.407 e. The molecular weight excluding hydrogens is 1220 g/mol. The van der Waals surface area contributed by atoms with Crippen molar-refractivity contribution in [1.29, 1.82) is 0 Å². The van der Waals surface area contributed by atoms with Gasteiger partial charge in [-0.15, -0.1) is 0 Å².